The lowest BCUT2D eigenvalue weighted by atomic mass is 9.85. The second kappa shape index (κ2) is 20.9. The molecule has 0 aromatic heterocycles. The first-order valence-electron chi connectivity index (χ1n) is 22.0. The van der Waals surface area contributed by atoms with Crippen LogP contribution >= 0.6 is 0 Å². The Morgan fingerprint density at radius 2 is 0.952 bits per heavy atom. The number of hydrogen-bond acceptors (Lipinski definition) is 7. The summed E-state index contributed by atoms with van der Waals surface area (Å²) < 4.78 is 41.7. The molecular weight excluding hydrogens is 785 g/mol. The minimum absolute atomic E-state index is 0.158. The lowest BCUT2D eigenvalue weighted by Crippen LogP contribution is -2.58. The third-order valence-electron chi connectivity index (χ3n) is 12.0. The summed E-state index contributed by atoms with van der Waals surface area (Å²) in [5.41, 5.74) is 10.6. The van der Waals surface area contributed by atoms with Gasteiger partial charge >= 0.3 is 0 Å². The molecule has 1 aliphatic carbocycles. The number of phenolic OH excluding ortho intramolecular Hbond substituents is 1. The van der Waals surface area contributed by atoms with E-state index in [2.05, 4.69) is 66.7 Å². The SMILES string of the molecule is Oc1cc(OCc2ccccc2)c([C@@H]2O[C@H](COCc3ccccc3)[C@@H](OCc3ccccc3)[C@H](OCc3ccccc3)[C@H]2OCc2ccccc2)cc1Cc1ccc2c(c1)CC2. The van der Waals surface area contributed by atoms with Gasteiger partial charge in [-0.3, -0.25) is 0 Å². The summed E-state index contributed by atoms with van der Waals surface area (Å²) in [4.78, 5) is 0. The molecule has 1 heterocycles. The van der Waals surface area contributed by atoms with Crippen molar-refractivity contribution in [1.82, 2.24) is 0 Å². The van der Waals surface area contributed by atoms with Gasteiger partial charge < -0.3 is 33.5 Å². The lowest BCUT2D eigenvalue weighted by Gasteiger charge is -2.46. The number of fused-ring (bicyclic) bond motifs is 1. The fraction of sp³-hybridized carbons (Fsp3) is 0.250. The molecule has 1 fully saturated rings. The van der Waals surface area contributed by atoms with Gasteiger partial charge in [-0.2, -0.15) is 0 Å². The van der Waals surface area contributed by atoms with Gasteiger partial charge in [-0.05, 0) is 69.0 Å². The number of benzene rings is 7. The van der Waals surface area contributed by atoms with Gasteiger partial charge in [0.05, 0.1) is 33.0 Å². The fourth-order valence-electron chi connectivity index (χ4n) is 8.48. The van der Waals surface area contributed by atoms with Crippen LogP contribution in [0.5, 0.6) is 11.5 Å². The molecule has 0 spiro atoms. The van der Waals surface area contributed by atoms with Gasteiger partial charge in [0.15, 0.2) is 0 Å². The van der Waals surface area contributed by atoms with Crippen molar-refractivity contribution in [3.05, 3.63) is 238 Å². The highest BCUT2D eigenvalue weighted by atomic mass is 16.6. The van der Waals surface area contributed by atoms with Crippen molar-refractivity contribution >= 4 is 0 Å². The van der Waals surface area contributed by atoms with Crippen LogP contribution < -0.4 is 4.74 Å². The minimum Gasteiger partial charge on any atom is -0.508 e. The highest BCUT2D eigenvalue weighted by Crippen LogP contribution is 2.44. The molecule has 1 N–H and O–H groups in total. The Morgan fingerprint density at radius 1 is 0.460 bits per heavy atom. The number of hydrogen-bond donors (Lipinski definition) is 1. The van der Waals surface area contributed by atoms with E-state index in [0.717, 1.165) is 57.3 Å². The van der Waals surface area contributed by atoms with E-state index in [1.807, 2.05) is 109 Å². The lowest BCUT2D eigenvalue weighted by molar-refractivity contribution is -0.275. The van der Waals surface area contributed by atoms with Crippen molar-refractivity contribution in [1.29, 1.82) is 0 Å². The number of ether oxygens (including phenoxy) is 6. The maximum Gasteiger partial charge on any atom is 0.129 e. The van der Waals surface area contributed by atoms with Gasteiger partial charge in [0, 0.05) is 18.1 Å². The summed E-state index contributed by atoms with van der Waals surface area (Å²) in [5, 5.41) is 11.8. The quantitative estimate of drug-likeness (QED) is 0.0869. The third-order valence-corrected chi connectivity index (χ3v) is 12.0. The summed E-state index contributed by atoms with van der Waals surface area (Å²) in [6, 6.07) is 61.1. The Kier molecular flexibility index (Phi) is 14.0. The molecule has 9 rings (SSSR count). The molecule has 0 saturated carbocycles. The van der Waals surface area contributed by atoms with E-state index in [0.29, 0.717) is 45.2 Å². The van der Waals surface area contributed by atoms with E-state index in [-0.39, 0.29) is 12.4 Å². The fourth-order valence-corrected chi connectivity index (χ4v) is 8.48. The van der Waals surface area contributed by atoms with Crippen molar-refractivity contribution in [3.8, 4) is 11.5 Å². The van der Waals surface area contributed by atoms with E-state index in [1.54, 1.807) is 6.07 Å². The standard InChI is InChI=1S/C56H54O7/c57-50-33-51(59-35-41-18-8-2-9-19-41)49(32-48(50)31-45-26-27-46-28-29-47(46)30-45)53-55(61-37-43-22-12-4-13-23-43)56(62-38-44-24-14-5-15-25-44)54(60-36-42-20-10-3-11-21-42)52(63-53)39-58-34-40-16-6-1-7-17-40/h1-27,30,32-33,52-57H,28-29,31,34-39H2/t52-,53+,54-,55+,56+/m1/s1. The second-order valence-electron chi connectivity index (χ2n) is 16.5. The number of phenols is 1. The summed E-state index contributed by atoms with van der Waals surface area (Å²) in [6.45, 7) is 1.87. The number of aromatic hydroxyl groups is 1. The minimum atomic E-state index is -0.724. The molecule has 1 aliphatic heterocycles. The molecule has 63 heavy (non-hydrogen) atoms. The van der Waals surface area contributed by atoms with E-state index < -0.39 is 30.5 Å². The van der Waals surface area contributed by atoms with Crippen LogP contribution in [0.2, 0.25) is 0 Å². The van der Waals surface area contributed by atoms with Crippen LogP contribution in [0.3, 0.4) is 0 Å². The normalized spacial score (nSPS) is 19.2. The van der Waals surface area contributed by atoms with Crippen LogP contribution in [0.4, 0.5) is 0 Å². The third kappa shape index (κ3) is 10.9. The molecule has 2 aliphatic rings. The predicted molar refractivity (Wildman–Crippen MR) is 244 cm³/mol. The summed E-state index contributed by atoms with van der Waals surface area (Å²) in [7, 11) is 0. The van der Waals surface area contributed by atoms with Crippen LogP contribution in [0.25, 0.3) is 0 Å². The smallest absolute Gasteiger partial charge is 0.129 e. The van der Waals surface area contributed by atoms with Gasteiger partial charge in [-0.25, -0.2) is 0 Å². The molecular formula is C56H54O7. The number of rotatable bonds is 19. The Labute approximate surface area is 370 Å². The molecule has 7 nitrogen and oxygen atoms in total. The molecule has 320 valence electrons. The van der Waals surface area contributed by atoms with E-state index in [4.69, 9.17) is 28.4 Å². The topological polar surface area (TPSA) is 75.6 Å². The Hall–Kier alpha value is -6.06. The average molecular weight is 839 g/mol. The highest BCUT2D eigenvalue weighted by Gasteiger charge is 2.50. The monoisotopic (exact) mass is 838 g/mol. The van der Waals surface area contributed by atoms with E-state index >= 15 is 0 Å². The van der Waals surface area contributed by atoms with Crippen LogP contribution in [-0.2, 0) is 76.0 Å². The van der Waals surface area contributed by atoms with Crippen molar-refractivity contribution in [2.45, 2.75) is 82.8 Å². The van der Waals surface area contributed by atoms with E-state index in [1.165, 1.54) is 11.1 Å². The summed E-state index contributed by atoms with van der Waals surface area (Å²) >= 11 is 0. The van der Waals surface area contributed by atoms with Crippen molar-refractivity contribution in [2.75, 3.05) is 6.61 Å². The first-order valence-corrected chi connectivity index (χ1v) is 22.0. The van der Waals surface area contributed by atoms with Gasteiger partial charge in [0.2, 0.25) is 0 Å². The second-order valence-corrected chi connectivity index (χ2v) is 16.5. The van der Waals surface area contributed by atoms with E-state index in [9.17, 15) is 5.11 Å². The van der Waals surface area contributed by atoms with Crippen molar-refractivity contribution < 1.29 is 33.5 Å². The molecule has 5 atom stereocenters. The van der Waals surface area contributed by atoms with Gasteiger partial charge in [-0.1, -0.05) is 170 Å². The maximum atomic E-state index is 11.8. The summed E-state index contributed by atoms with van der Waals surface area (Å²) in [6.07, 6.45) is -0.508. The highest BCUT2D eigenvalue weighted by molar-refractivity contribution is 5.50. The molecule has 0 radical (unpaired) electrons. The van der Waals surface area contributed by atoms with Crippen LogP contribution in [0.1, 0.15) is 61.7 Å². The number of aryl methyl sites for hydroxylation is 2. The van der Waals surface area contributed by atoms with Crippen LogP contribution in [0.15, 0.2) is 182 Å². The molecule has 7 heteroatoms. The van der Waals surface area contributed by atoms with Crippen molar-refractivity contribution in [3.63, 3.8) is 0 Å². The molecule has 7 aromatic carbocycles. The molecule has 0 unspecified atom stereocenters. The van der Waals surface area contributed by atoms with Gasteiger partial charge in [0.1, 0.15) is 48.6 Å². The zero-order chi connectivity index (χ0) is 42.6. The first-order chi connectivity index (χ1) is 31.1. The zero-order valence-corrected chi connectivity index (χ0v) is 35.5. The Balaban J connectivity index is 1.14. The first kappa shape index (κ1) is 42.3. The summed E-state index contributed by atoms with van der Waals surface area (Å²) in [5.74, 6) is 0.663. The Morgan fingerprint density at radius 3 is 1.48 bits per heavy atom. The predicted octanol–water partition coefficient (Wildman–Crippen LogP) is 11.1. The van der Waals surface area contributed by atoms with Gasteiger partial charge in [0.25, 0.3) is 0 Å². The molecule has 7 aromatic rings. The average Bonchev–Trinajstić information content (AvgIpc) is 3.32. The molecule has 0 bridgehead atoms. The maximum absolute atomic E-state index is 11.8. The van der Waals surface area contributed by atoms with Crippen LogP contribution in [0, 0.1) is 0 Å². The Bertz CT molecular complexity index is 2480. The zero-order valence-electron chi connectivity index (χ0n) is 35.5. The van der Waals surface area contributed by atoms with Crippen molar-refractivity contribution in [2.24, 2.45) is 0 Å². The van der Waals surface area contributed by atoms with Crippen LogP contribution in [-0.4, -0.2) is 36.1 Å². The molecule has 0 amide bonds. The van der Waals surface area contributed by atoms with Gasteiger partial charge in [-0.15, -0.1) is 0 Å². The largest absolute Gasteiger partial charge is 0.508 e. The molecule has 1 saturated heterocycles.